The van der Waals surface area contributed by atoms with Crippen molar-refractivity contribution in [2.75, 3.05) is 19.8 Å². The predicted octanol–water partition coefficient (Wildman–Crippen LogP) is 1.26. The van der Waals surface area contributed by atoms with Gasteiger partial charge >= 0.3 is 6.03 Å². The number of imide groups is 1. The zero-order chi connectivity index (χ0) is 16.4. The van der Waals surface area contributed by atoms with E-state index in [1.165, 1.54) is 4.90 Å². The molecular formula is C17H23N3O3. The van der Waals surface area contributed by atoms with Crippen molar-refractivity contribution in [2.45, 2.75) is 37.8 Å². The Balaban J connectivity index is 1.81. The number of rotatable bonds is 4. The minimum atomic E-state index is -0.979. The van der Waals surface area contributed by atoms with E-state index in [1.54, 1.807) is 0 Å². The van der Waals surface area contributed by atoms with Gasteiger partial charge in [0.25, 0.3) is 5.91 Å². The average molecular weight is 317 g/mol. The van der Waals surface area contributed by atoms with Crippen LogP contribution in [0, 0.1) is 0 Å². The van der Waals surface area contributed by atoms with Crippen LogP contribution in [0.5, 0.6) is 0 Å². The van der Waals surface area contributed by atoms with E-state index in [9.17, 15) is 14.7 Å². The standard InChI is InChI=1S/C17H23N3O3/c1-2-17(13-7-4-3-5-8-13)15(22)20(16(23)18-17)12-19-10-6-9-14(21)11-19/h3-5,7-8,14,21H,2,6,9-12H2,1H3,(H,18,23)/t14-,17-/m0/s1. The average Bonchev–Trinajstić information content (AvgIpc) is 2.81. The highest BCUT2D eigenvalue weighted by Gasteiger charge is 2.51. The van der Waals surface area contributed by atoms with Gasteiger partial charge in [0, 0.05) is 13.1 Å². The molecule has 1 aromatic carbocycles. The maximum atomic E-state index is 13.0. The minimum absolute atomic E-state index is 0.212. The molecule has 0 radical (unpaired) electrons. The highest BCUT2D eigenvalue weighted by molar-refractivity contribution is 6.07. The van der Waals surface area contributed by atoms with Crippen molar-refractivity contribution in [3.8, 4) is 0 Å². The molecular weight excluding hydrogens is 294 g/mol. The number of likely N-dealkylation sites (tertiary alicyclic amines) is 1. The van der Waals surface area contributed by atoms with E-state index in [4.69, 9.17) is 0 Å². The summed E-state index contributed by atoms with van der Waals surface area (Å²) in [5.41, 5.74) is -0.172. The molecule has 3 amide bonds. The summed E-state index contributed by atoms with van der Waals surface area (Å²) in [6.07, 6.45) is 1.78. The first-order chi connectivity index (χ1) is 11.1. The first kappa shape index (κ1) is 16.0. The van der Waals surface area contributed by atoms with Crippen LogP contribution in [0.25, 0.3) is 0 Å². The molecule has 2 heterocycles. The number of carbonyl (C=O) groups is 2. The highest BCUT2D eigenvalue weighted by Crippen LogP contribution is 2.32. The second-order valence-electron chi connectivity index (χ2n) is 6.30. The number of amides is 3. The van der Waals surface area contributed by atoms with Crippen LogP contribution in [0.4, 0.5) is 4.79 Å². The molecule has 0 saturated carbocycles. The van der Waals surface area contributed by atoms with Gasteiger partial charge in [-0.1, -0.05) is 37.3 Å². The monoisotopic (exact) mass is 317 g/mol. The van der Waals surface area contributed by atoms with Crippen molar-refractivity contribution in [2.24, 2.45) is 0 Å². The van der Waals surface area contributed by atoms with E-state index in [0.29, 0.717) is 13.0 Å². The van der Waals surface area contributed by atoms with Gasteiger partial charge in [0.05, 0.1) is 12.8 Å². The minimum Gasteiger partial charge on any atom is -0.392 e. The second kappa shape index (κ2) is 6.29. The fourth-order valence-electron chi connectivity index (χ4n) is 3.48. The molecule has 1 aromatic rings. The Kier molecular flexibility index (Phi) is 4.37. The molecule has 2 N–H and O–H groups in total. The second-order valence-corrected chi connectivity index (χ2v) is 6.30. The summed E-state index contributed by atoms with van der Waals surface area (Å²) in [6.45, 7) is 3.43. The largest absolute Gasteiger partial charge is 0.392 e. The van der Waals surface area contributed by atoms with Crippen LogP contribution < -0.4 is 5.32 Å². The van der Waals surface area contributed by atoms with Gasteiger partial charge in [-0.3, -0.25) is 9.69 Å². The number of β-amino-alcohol motifs (C(OH)–C–C–N with tert-alkyl or cyclic N) is 1. The molecule has 2 atom stereocenters. The van der Waals surface area contributed by atoms with Gasteiger partial charge in [0.2, 0.25) is 0 Å². The molecule has 0 aliphatic carbocycles. The van der Waals surface area contributed by atoms with Crippen LogP contribution in [-0.4, -0.2) is 52.7 Å². The molecule has 2 aliphatic heterocycles. The topological polar surface area (TPSA) is 72.9 Å². The van der Waals surface area contributed by atoms with Gasteiger partial charge in [0.1, 0.15) is 5.54 Å². The molecule has 124 valence electrons. The summed E-state index contributed by atoms with van der Waals surface area (Å²) in [7, 11) is 0. The van der Waals surface area contributed by atoms with Crippen LogP contribution in [-0.2, 0) is 10.3 Å². The van der Waals surface area contributed by atoms with Gasteiger partial charge in [-0.25, -0.2) is 9.69 Å². The molecule has 2 aliphatic rings. The molecule has 2 fully saturated rings. The normalized spacial score (nSPS) is 29.0. The summed E-state index contributed by atoms with van der Waals surface area (Å²) < 4.78 is 0. The Morgan fingerprint density at radius 2 is 2.04 bits per heavy atom. The number of aliphatic hydroxyl groups excluding tert-OH is 1. The van der Waals surface area contributed by atoms with Crippen molar-refractivity contribution < 1.29 is 14.7 Å². The van der Waals surface area contributed by atoms with E-state index < -0.39 is 5.54 Å². The number of aliphatic hydroxyl groups is 1. The summed E-state index contributed by atoms with van der Waals surface area (Å²) in [4.78, 5) is 28.6. The number of piperidine rings is 1. The van der Waals surface area contributed by atoms with E-state index in [2.05, 4.69) is 5.32 Å². The number of carbonyl (C=O) groups excluding carboxylic acids is 2. The van der Waals surface area contributed by atoms with Gasteiger partial charge in [-0.15, -0.1) is 0 Å². The fourth-order valence-corrected chi connectivity index (χ4v) is 3.48. The first-order valence-corrected chi connectivity index (χ1v) is 8.17. The van der Waals surface area contributed by atoms with Crippen LogP contribution in [0.1, 0.15) is 31.7 Å². The lowest BCUT2D eigenvalue weighted by atomic mass is 9.87. The molecule has 0 bridgehead atoms. The molecule has 3 rings (SSSR count). The lowest BCUT2D eigenvalue weighted by Gasteiger charge is -2.32. The Morgan fingerprint density at radius 3 is 2.70 bits per heavy atom. The van der Waals surface area contributed by atoms with Crippen LogP contribution in [0.2, 0.25) is 0 Å². The van der Waals surface area contributed by atoms with E-state index >= 15 is 0 Å². The van der Waals surface area contributed by atoms with Crippen molar-refractivity contribution in [3.05, 3.63) is 35.9 Å². The molecule has 6 nitrogen and oxygen atoms in total. The van der Waals surface area contributed by atoms with E-state index in [-0.39, 0.29) is 24.7 Å². The molecule has 2 saturated heterocycles. The maximum absolute atomic E-state index is 13.0. The van der Waals surface area contributed by atoms with Gasteiger partial charge < -0.3 is 10.4 Å². The summed E-state index contributed by atoms with van der Waals surface area (Å²) >= 11 is 0. The zero-order valence-corrected chi connectivity index (χ0v) is 13.4. The van der Waals surface area contributed by atoms with Crippen LogP contribution >= 0.6 is 0 Å². The molecule has 0 aromatic heterocycles. The Labute approximate surface area is 136 Å². The van der Waals surface area contributed by atoms with Crippen molar-refractivity contribution in [3.63, 3.8) is 0 Å². The quantitative estimate of drug-likeness (QED) is 0.820. The van der Waals surface area contributed by atoms with Crippen LogP contribution in [0.3, 0.4) is 0 Å². The van der Waals surface area contributed by atoms with Gasteiger partial charge in [-0.05, 0) is 24.8 Å². The van der Waals surface area contributed by atoms with Crippen LogP contribution in [0.15, 0.2) is 30.3 Å². The summed E-state index contributed by atoms with van der Waals surface area (Å²) in [5.74, 6) is -0.212. The lowest BCUT2D eigenvalue weighted by molar-refractivity contribution is -0.133. The number of benzene rings is 1. The SMILES string of the molecule is CC[C@@]1(c2ccccc2)NC(=O)N(CN2CCC[C@H](O)C2)C1=O. The van der Waals surface area contributed by atoms with Gasteiger partial charge in [-0.2, -0.15) is 0 Å². The Hall–Kier alpha value is -1.92. The van der Waals surface area contributed by atoms with E-state index in [1.807, 2.05) is 42.2 Å². The molecule has 6 heteroatoms. The highest BCUT2D eigenvalue weighted by atomic mass is 16.3. The van der Waals surface area contributed by atoms with Crippen molar-refractivity contribution >= 4 is 11.9 Å². The van der Waals surface area contributed by atoms with Gasteiger partial charge in [0.15, 0.2) is 0 Å². The first-order valence-electron chi connectivity index (χ1n) is 8.17. The predicted molar refractivity (Wildman–Crippen MR) is 85.5 cm³/mol. The number of hydrogen-bond donors (Lipinski definition) is 2. The Morgan fingerprint density at radius 1 is 1.30 bits per heavy atom. The van der Waals surface area contributed by atoms with Crippen molar-refractivity contribution in [1.82, 2.24) is 15.1 Å². The van der Waals surface area contributed by atoms with Crippen molar-refractivity contribution in [1.29, 1.82) is 0 Å². The zero-order valence-electron chi connectivity index (χ0n) is 13.4. The molecule has 0 spiro atoms. The van der Waals surface area contributed by atoms with E-state index in [0.717, 1.165) is 24.9 Å². The number of nitrogens with zero attached hydrogens (tertiary/aromatic N) is 2. The summed E-state index contributed by atoms with van der Waals surface area (Å²) in [6, 6.07) is 9.01. The lowest BCUT2D eigenvalue weighted by Crippen LogP contribution is -2.48. The molecule has 23 heavy (non-hydrogen) atoms. The number of nitrogens with one attached hydrogen (secondary N) is 1. The number of urea groups is 1. The maximum Gasteiger partial charge on any atom is 0.326 e. The third-order valence-electron chi connectivity index (χ3n) is 4.79. The number of hydrogen-bond acceptors (Lipinski definition) is 4. The third-order valence-corrected chi connectivity index (χ3v) is 4.79. The molecule has 0 unspecified atom stereocenters. The summed E-state index contributed by atoms with van der Waals surface area (Å²) in [5, 5.41) is 12.6. The third kappa shape index (κ3) is 2.84. The Bertz CT molecular complexity index is 592. The fraction of sp³-hybridized carbons (Fsp3) is 0.529. The smallest absolute Gasteiger partial charge is 0.326 e.